The first-order chi connectivity index (χ1) is 8.81. The molecule has 0 aromatic carbocycles. The van der Waals surface area contributed by atoms with Crippen LogP contribution in [0.1, 0.15) is 69.0 Å². The molecule has 0 bridgehead atoms. The van der Waals surface area contributed by atoms with Crippen LogP contribution in [0.4, 0.5) is 0 Å². The predicted molar refractivity (Wildman–Crippen MR) is 81.3 cm³/mol. The summed E-state index contributed by atoms with van der Waals surface area (Å²) in [4.78, 5) is 0. The van der Waals surface area contributed by atoms with Gasteiger partial charge in [0.2, 0.25) is 0 Å². The molecule has 1 unspecified atom stereocenters. The number of hydrogen-bond acceptors (Lipinski definition) is 2. The molecule has 0 saturated heterocycles. The second-order valence-electron chi connectivity index (χ2n) is 5.76. The molecule has 0 amide bonds. The Morgan fingerprint density at radius 3 is 2.67 bits per heavy atom. The Bertz CT molecular complexity index is 339. The van der Waals surface area contributed by atoms with Crippen molar-refractivity contribution in [3.8, 4) is 0 Å². The molecule has 0 radical (unpaired) electrons. The first-order valence-corrected chi connectivity index (χ1v) is 8.51. The fraction of sp³-hybridized carbons (Fsp3) is 0.750. The minimum absolute atomic E-state index is 0.597. The molecule has 1 fully saturated rings. The zero-order valence-electron chi connectivity index (χ0n) is 11.9. The van der Waals surface area contributed by atoms with Gasteiger partial charge in [0.1, 0.15) is 0 Å². The number of rotatable bonds is 6. The maximum Gasteiger partial charge on any atom is 0.0333 e. The van der Waals surface area contributed by atoms with E-state index in [0.717, 1.165) is 12.5 Å². The lowest BCUT2D eigenvalue weighted by molar-refractivity contribution is 0.300. The summed E-state index contributed by atoms with van der Waals surface area (Å²) in [5.74, 6) is 0.951. The smallest absolute Gasteiger partial charge is 0.0333 e. The van der Waals surface area contributed by atoms with Crippen LogP contribution in [0.15, 0.2) is 10.8 Å². The maximum absolute atomic E-state index is 3.77. The summed E-state index contributed by atoms with van der Waals surface area (Å²) < 4.78 is 0. The standard InChI is InChI=1S/C16H27NS/c1-3-9-17-16(15-12-18-11-13(15)2)10-14-7-5-4-6-8-14/h11-12,14,16-17H,3-10H2,1-2H3. The van der Waals surface area contributed by atoms with Crippen LogP contribution in [0.5, 0.6) is 0 Å². The fourth-order valence-electron chi connectivity index (χ4n) is 3.12. The van der Waals surface area contributed by atoms with E-state index in [9.17, 15) is 0 Å². The van der Waals surface area contributed by atoms with Crippen molar-refractivity contribution in [2.45, 2.75) is 64.8 Å². The molecule has 1 aliphatic rings. The van der Waals surface area contributed by atoms with Crippen molar-refractivity contribution < 1.29 is 0 Å². The summed E-state index contributed by atoms with van der Waals surface area (Å²) in [7, 11) is 0. The topological polar surface area (TPSA) is 12.0 Å². The molecule has 1 saturated carbocycles. The van der Waals surface area contributed by atoms with Gasteiger partial charge in [0.05, 0.1) is 0 Å². The van der Waals surface area contributed by atoms with Crippen molar-refractivity contribution in [1.29, 1.82) is 0 Å². The second kappa shape index (κ2) is 7.30. The summed E-state index contributed by atoms with van der Waals surface area (Å²) in [5, 5.41) is 8.41. The molecule has 0 aliphatic heterocycles. The minimum atomic E-state index is 0.597. The van der Waals surface area contributed by atoms with Gasteiger partial charge in [0, 0.05) is 6.04 Å². The third kappa shape index (κ3) is 3.83. The average molecular weight is 265 g/mol. The van der Waals surface area contributed by atoms with Gasteiger partial charge in [-0.1, -0.05) is 39.0 Å². The van der Waals surface area contributed by atoms with E-state index in [0.29, 0.717) is 6.04 Å². The molecule has 1 nitrogen and oxygen atoms in total. The molecule has 1 aromatic rings. The van der Waals surface area contributed by atoms with Crippen molar-refractivity contribution in [3.05, 3.63) is 21.9 Å². The zero-order valence-corrected chi connectivity index (χ0v) is 12.7. The lowest BCUT2D eigenvalue weighted by atomic mass is 9.83. The molecule has 18 heavy (non-hydrogen) atoms. The van der Waals surface area contributed by atoms with Crippen LogP contribution in [-0.4, -0.2) is 6.54 Å². The first-order valence-electron chi connectivity index (χ1n) is 7.57. The van der Waals surface area contributed by atoms with Gasteiger partial charge in [-0.2, -0.15) is 11.3 Å². The minimum Gasteiger partial charge on any atom is -0.310 e. The summed E-state index contributed by atoms with van der Waals surface area (Å²) in [5.41, 5.74) is 3.03. The van der Waals surface area contributed by atoms with Crippen LogP contribution in [0.3, 0.4) is 0 Å². The highest BCUT2D eigenvalue weighted by molar-refractivity contribution is 7.08. The number of hydrogen-bond donors (Lipinski definition) is 1. The van der Waals surface area contributed by atoms with E-state index >= 15 is 0 Å². The van der Waals surface area contributed by atoms with E-state index in [1.54, 1.807) is 5.56 Å². The molecule has 0 spiro atoms. The quantitative estimate of drug-likeness (QED) is 0.757. The molecule has 1 aliphatic carbocycles. The van der Waals surface area contributed by atoms with Crippen LogP contribution >= 0.6 is 11.3 Å². The van der Waals surface area contributed by atoms with Crippen molar-refractivity contribution in [2.75, 3.05) is 6.54 Å². The first kappa shape index (κ1) is 14.1. The SMILES string of the molecule is CCCNC(CC1CCCCC1)c1cscc1C. The fourth-order valence-corrected chi connectivity index (χ4v) is 4.03. The number of aryl methyl sites for hydroxylation is 1. The van der Waals surface area contributed by atoms with E-state index in [1.807, 2.05) is 11.3 Å². The summed E-state index contributed by atoms with van der Waals surface area (Å²) in [6.07, 6.45) is 9.84. The summed E-state index contributed by atoms with van der Waals surface area (Å²) >= 11 is 1.85. The Kier molecular flexibility index (Phi) is 5.71. The number of nitrogens with one attached hydrogen (secondary N) is 1. The van der Waals surface area contributed by atoms with Gasteiger partial charge in [0.25, 0.3) is 0 Å². The van der Waals surface area contributed by atoms with Crippen LogP contribution < -0.4 is 5.32 Å². The lowest BCUT2D eigenvalue weighted by Crippen LogP contribution is -2.25. The van der Waals surface area contributed by atoms with Gasteiger partial charge in [-0.15, -0.1) is 0 Å². The van der Waals surface area contributed by atoms with Crippen LogP contribution in [0.2, 0.25) is 0 Å². The highest BCUT2D eigenvalue weighted by Gasteiger charge is 2.21. The summed E-state index contributed by atoms with van der Waals surface area (Å²) in [6.45, 7) is 5.66. The van der Waals surface area contributed by atoms with Crippen molar-refractivity contribution in [1.82, 2.24) is 5.32 Å². The molecule has 1 atom stereocenters. The Balaban J connectivity index is 1.98. The van der Waals surface area contributed by atoms with Gasteiger partial charge < -0.3 is 5.32 Å². The van der Waals surface area contributed by atoms with Gasteiger partial charge in [-0.25, -0.2) is 0 Å². The molecule has 2 heteroatoms. The third-order valence-electron chi connectivity index (χ3n) is 4.21. The largest absolute Gasteiger partial charge is 0.310 e. The highest BCUT2D eigenvalue weighted by atomic mass is 32.1. The third-order valence-corrected chi connectivity index (χ3v) is 5.08. The van der Waals surface area contributed by atoms with Crippen LogP contribution in [0.25, 0.3) is 0 Å². The number of thiophene rings is 1. The Morgan fingerprint density at radius 1 is 1.28 bits per heavy atom. The van der Waals surface area contributed by atoms with E-state index in [1.165, 1.54) is 50.5 Å². The van der Waals surface area contributed by atoms with Crippen molar-refractivity contribution >= 4 is 11.3 Å². The Labute approximate surface area is 116 Å². The van der Waals surface area contributed by atoms with Crippen LogP contribution in [0, 0.1) is 12.8 Å². The highest BCUT2D eigenvalue weighted by Crippen LogP contribution is 2.33. The molecule has 102 valence electrons. The van der Waals surface area contributed by atoms with E-state index in [2.05, 4.69) is 29.9 Å². The molecule has 1 N–H and O–H groups in total. The van der Waals surface area contributed by atoms with Crippen molar-refractivity contribution in [3.63, 3.8) is 0 Å². The van der Waals surface area contributed by atoms with Crippen molar-refractivity contribution in [2.24, 2.45) is 5.92 Å². The molecular formula is C16H27NS. The van der Waals surface area contributed by atoms with Crippen LogP contribution in [-0.2, 0) is 0 Å². The monoisotopic (exact) mass is 265 g/mol. The van der Waals surface area contributed by atoms with E-state index < -0.39 is 0 Å². The van der Waals surface area contributed by atoms with Gasteiger partial charge >= 0.3 is 0 Å². The molecule has 1 heterocycles. The van der Waals surface area contributed by atoms with Gasteiger partial charge in [-0.3, -0.25) is 0 Å². The van der Waals surface area contributed by atoms with Gasteiger partial charge in [0.15, 0.2) is 0 Å². The van der Waals surface area contributed by atoms with E-state index in [-0.39, 0.29) is 0 Å². The Hall–Kier alpha value is -0.340. The average Bonchev–Trinajstić information content (AvgIpc) is 2.82. The maximum atomic E-state index is 3.77. The van der Waals surface area contributed by atoms with Gasteiger partial charge in [-0.05, 0) is 54.1 Å². The Morgan fingerprint density at radius 2 is 2.06 bits per heavy atom. The second-order valence-corrected chi connectivity index (χ2v) is 6.50. The zero-order chi connectivity index (χ0) is 12.8. The summed E-state index contributed by atoms with van der Waals surface area (Å²) in [6, 6.07) is 0.597. The molecular weight excluding hydrogens is 238 g/mol. The molecule has 1 aromatic heterocycles. The normalized spacial score (nSPS) is 19.0. The molecule has 2 rings (SSSR count). The predicted octanol–water partition coefficient (Wildman–Crippen LogP) is 5.07. The van der Waals surface area contributed by atoms with E-state index in [4.69, 9.17) is 0 Å². The lowest BCUT2D eigenvalue weighted by Gasteiger charge is -2.27.